The number of rotatable bonds is 1. The van der Waals surface area contributed by atoms with Crippen molar-refractivity contribution in [2.75, 3.05) is 7.05 Å². The van der Waals surface area contributed by atoms with Crippen molar-refractivity contribution in [3.05, 3.63) is 11.1 Å². The molecular formula is C4H8N2OS. The largest absolute Gasteiger partial charge is 0.404 e. The predicted octanol–water partition coefficient (Wildman–Crippen LogP) is -0.538. The summed E-state index contributed by atoms with van der Waals surface area (Å²) in [6, 6.07) is 0. The summed E-state index contributed by atoms with van der Waals surface area (Å²) >= 11 is 3.73. The van der Waals surface area contributed by atoms with Gasteiger partial charge in [-0.15, -0.1) is 12.6 Å². The minimum Gasteiger partial charge on any atom is -0.404 e. The van der Waals surface area contributed by atoms with E-state index in [0.717, 1.165) is 6.20 Å². The molecule has 0 fully saturated rings. The molecule has 0 spiro atoms. The van der Waals surface area contributed by atoms with Crippen LogP contribution in [0, 0.1) is 0 Å². The first kappa shape index (κ1) is 7.36. The first-order chi connectivity index (χ1) is 3.72. The minimum absolute atomic E-state index is 0.229. The van der Waals surface area contributed by atoms with Crippen LogP contribution in [0.5, 0.6) is 0 Å². The fraction of sp³-hybridized carbons (Fsp3) is 0.250. The first-order valence-electron chi connectivity index (χ1n) is 2.05. The van der Waals surface area contributed by atoms with Gasteiger partial charge in [-0.05, 0) is 0 Å². The Kier molecular flexibility index (Phi) is 3.10. The second-order valence-corrected chi connectivity index (χ2v) is 1.61. The van der Waals surface area contributed by atoms with E-state index in [1.165, 1.54) is 7.05 Å². The summed E-state index contributed by atoms with van der Waals surface area (Å²) in [5.41, 5.74) is 4.95. The highest BCUT2D eigenvalue weighted by atomic mass is 32.1. The van der Waals surface area contributed by atoms with Gasteiger partial charge in [0.25, 0.3) is 5.91 Å². The van der Waals surface area contributed by atoms with Crippen molar-refractivity contribution in [2.45, 2.75) is 0 Å². The Hall–Kier alpha value is -0.640. The SMILES string of the molecule is CNC(=O)/C(S)=C/N. The second kappa shape index (κ2) is 3.37. The summed E-state index contributed by atoms with van der Waals surface area (Å²) in [6.07, 6.45) is 1.14. The van der Waals surface area contributed by atoms with Crippen molar-refractivity contribution >= 4 is 18.5 Å². The monoisotopic (exact) mass is 132 g/mol. The average molecular weight is 132 g/mol. The molecule has 0 saturated heterocycles. The molecule has 0 bridgehead atoms. The van der Waals surface area contributed by atoms with Crippen LogP contribution in [-0.4, -0.2) is 13.0 Å². The number of hydrogen-bond donors (Lipinski definition) is 3. The fourth-order valence-electron chi connectivity index (χ4n) is 0.204. The van der Waals surface area contributed by atoms with E-state index in [1.807, 2.05) is 0 Å². The van der Waals surface area contributed by atoms with Gasteiger partial charge in [0.1, 0.15) is 0 Å². The normalized spacial score (nSPS) is 11.0. The van der Waals surface area contributed by atoms with Gasteiger partial charge in [-0.25, -0.2) is 0 Å². The van der Waals surface area contributed by atoms with E-state index < -0.39 is 0 Å². The van der Waals surface area contributed by atoms with E-state index in [0.29, 0.717) is 0 Å². The Morgan fingerprint density at radius 1 is 1.88 bits per heavy atom. The van der Waals surface area contributed by atoms with E-state index in [-0.39, 0.29) is 10.8 Å². The fourth-order valence-corrected chi connectivity index (χ4v) is 0.316. The molecule has 1 amide bonds. The molecule has 3 N–H and O–H groups in total. The van der Waals surface area contributed by atoms with Crippen LogP contribution in [0.3, 0.4) is 0 Å². The number of nitrogens with one attached hydrogen (secondary N) is 1. The molecule has 3 nitrogen and oxygen atoms in total. The van der Waals surface area contributed by atoms with Crippen LogP contribution in [-0.2, 0) is 4.79 Å². The van der Waals surface area contributed by atoms with Crippen molar-refractivity contribution in [1.82, 2.24) is 5.32 Å². The molecule has 0 aliphatic carbocycles. The highest BCUT2D eigenvalue weighted by Crippen LogP contribution is 1.94. The van der Waals surface area contributed by atoms with Crippen LogP contribution >= 0.6 is 12.6 Å². The number of nitrogens with two attached hydrogens (primary N) is 1. The van der Waals surface area contributed by atoms with Crippen LogP contribution in [0.15, 0.2) is 11.1 Å². The highest BCUT2D eigenvalue weighted by Gasteiger charge is 1.97. The number of thiol groups is 1. The van der Waals surface area contributed by atoms with Crippen LogP contribution < -0.4 is 11.1 Å². The molecular weight excluding hydrogens is 124 g/mol. The van der Waals surface area contributed by atoms with Crippen molar-refractivity contribution in [1.29, 1.82) is 0 Å². The molecule has 0 aliphatic rings. The Morgan fingerprint density at radius 3 is 2.50 bits per heavy atom. The number of carbonyl (C=O) groups excluding carboxylic acids is 1. The van der Waals surface area contributed by atoms with Gasteiger partial charge in [0.2, 0.25) is 0 Å². The molecule has 0 rings (SSSR count). The molecule has 0 radical (unpaired) electrons. The van der Waals surface area contributed by atoms with Crippen molar-refractivity contribution in [2.24, 2.45) is 5.73 Å². The van der Waals surface area contributed by atoms with E-state index in [1.54, 1.807) is 0 Å². The zero-order chi connectivity index (χ0) is 6.57. The first-order valence-corrected chi connectivity index (χ1v) is 2.50. The summed E-state index contributed by atoms with van der Waals surface area (Å²) < 4.78 is 0. The summed E-state index contributed by atoms with van der Waals surface area (Å²) in [5, 5.41) is 2.35. The molecule has 0 unspecified atom stereocenters. The predicted molar refractivity (Wildman–Crippen MR) is 35.3 cm³/mol. The van der Waals surface area contributed by atoms with Gasteiger partial charge in [-0.3, -0.25) is 4.79 Å². The van der Waals surface area contributed by atoms with Gasteiger partial charge in [0.15, 0.2) is 0 Å². The molecule has 8 heavy (non-hydrogen) atoms. The third-order valence-electron chi connectivity index (χ3n) is 0.618. The number of amides is 1. The third kappa shape index (κ3) is 1.88. The minimum atomic E-state index is -0.268. The Labute approximate surface area is 53.4 Å². The summed E-state index contributed by atoms with van der Waals surface area (Å²) in [6.45, 7) is 0. The zero-order valence-corrected chi connectivity index (χ0v) is 5.40. The van der Waals surface area contributed by atoms with E-state index in [4.69, 9.17) is 5.73 Å². The number of likely N-dealkylation sites (N-methyl/N-ethyl adjacent to an activating group) is 1. The maximum atomic E-state index is 10.4. The van der Waals surface area contributed by atoms with Crippen molar-refractivity contribution < 1.29 is 4.79 Å². The average Bonchev–Trinajstić information content (AvgIpc) is 1.84. The summed E-state index contributed by atoms with van der Waals surface area (Å²) in [7, 11) is 1.52. The lowest BCUT2D eigenvalue weighted by atomic mass is 10.5. The standard InChI is InChI=1S/C4H8N2OS/c1-6-4(7)3(8)2-5/h2,8H,5H2,1H3,(H,6,7)/b3-2-. The second-order valence-electron chi connectivity index (χ2n) is 1.13. The molecule has 0 aromatic rings. The summed E-state index contributed by atoms with van der Waals surface area (Å²) in [5.74, 6) is -0.268. The quantitative estimate of drug-likeness (QED) is 0.331. The van der Waals surface area contributed by atoms with Crippen LogP contribution in [0.2, 0.25) is 0 Å². The summed E-state index contributed by atoms with van der Waals surface area (Å²) in [4.78, 5) is 10.6. The van der Waals surface area contributed by atoms with Gasteiger partial charge in [0.05, 0.1) is 4.91 Å². The lowest BCUT2D eigenvalue weighted by Gasteiger charge is -1.93. The zero-order valence-electron chi connectivity index (χ0n) is 4.51. The Morgan fingerprint density at radius 2 is 2.38 bits per heavy atom. The lowest BCUT2D eigenvalue weighted by molar-refractivity contribution is -0.116. The topological polar surface area (TPSA) is 55.1 Å². The Balaban J connectivity index is 3.83. The maximum Gasteiger partial charge on any atom is 0.258 e. The van der Waals surface area contributed by atoms with E-state index in [9.17, 15) is 4.79 Å². The van der Waals surface area contributed by atoms with Gasteiger partial charge < -0.3 is 11.1 Å². The Bertz CT molecular complexity index is 121. The lowest BCUT2D eigenvalue weighted by Crippen LogP contribution is -2.18. The molecule has 0 aliphatic heterocycles. The molecule has 0 saturated carbocycles. The van der Waals surface area contributed by atoms with Gasteiger partial charge in [0, 0.05) is 13.2 Å². The smallest absolute Gasteiger partial charge is 0.258 e. The van der Waals surface area contributed by atoms with Gasteiger partial charge in [-0.1, -0.05) is 0 Å². The number of hydrogen-bond acceptors (Lipinski definition) is 3. The van der Waals surface area contributed by atoms with E-state index >= 15 is 0 Å². The van der Waals surface area contributed by atoms with Crippen molar-refractivity contribution in [3.8, 4) is 0 Å². The van der Waals surface area contributed by atoms with Gasteiger partial charge >= 0.3 is 0 Å². The molecule has 0 aromatic heterocycles. The number of carbonyl (C=O) groups is 1. The van der Waals surface area contributed by atoms with Crippen molar-refractivity contribution in [3.63, 3.8) is 0 Å². The van der Waals surface area contributed by atoms with Crippen LogP contribution in [0.4, 0.5) is 0 Å². The van der Waals surface area contributed by atoms with Gasteiger partial charge in [-0.2, -0.15) is 0 Å². The van der Waals surface area contributed by atoms with Crippen LogP contribution in [0.1, 0.15) is 0 Å². The highest BCUT2D eigenvalue weighted by molar-refractivity contribution is 7.85. The third-order valence-corrected chi connectivity index (χ3v) is 0.970. The van der Waals surface area contributed by atoms with Crippen LogP contribution in [0.25, 0.3) is 0 Å². The molecule has 0 aromatic carbocycles. The molecule has 0 heterocycles. The molecule has 4 heteroatoms. The molecule has 46 valence electrons. The molecule has 0 atom stereocenters. The van der Waals surface area contributed by atoms with E-state index in [2.05, 4.69) is 17.9 Å². The maximum absolute atomic E-state index is 10.4.